The van der Waals surface area contributed by atoms with E-state index in [1.54, 1.807) is 11.0 Å². The van der Waals surface area contributed by atoms with Gasteiger partial charge in [0.25, 0.3) is 5.72 Å². The van der Waals surface area contributed by atoms with Crippen LogP contribution in [0.25, 0.3) is 0 Å². The molecule has 2 N–H and O–H groups in total. The van der Waals surface area contributed by atoms with Gasteiger partial charge in [-0.3, -0.25) is 4.79 Å². The number of carbonyl (C=O) groups is 1. The molecule has 8 heteroatoms. The molecule has 35 heavy (non-hydrogen) atoms. The second-order valence-electron chi connectivity index (χ2n) is 9.59. The summed E-state index contributed by atoms with van der Waals surface area (Å²) in [7, 11) is 0. The molecule has 1 aromatic heterocycles. The summed E-state index contributed by atoms with van der Waals surface area (Å²) in [5.74, 6) is 0.386. The predicted octanol–water partition coefficient (Wildman–Crippen LogP) is 3.52. The van der Waals surface area contributed by atoms with Gasteiger partial charge in [0.15, 0.2) is 5.84 Å². The fraction of sp³-hybridized carbons (Fsp3) is 0.370. The van der Waals surface area contributed by atoms with E-state index in [1.807, 2.05) is 81.4 Å². The highest BCUT2D eigenvalue weighted by Crippen LogP contribution is 2.37. The summed E-state index contributed by atoms with van der Waals surface area (Å²) in [6, 6.07) is 20.9. The molecule has 2 aliphatic heterocycles. The summed E-state index contributed by atoms with van der Waals surface area (Å²) in [6.45, 7) is 6.00. The molecule has 2 aromatic carbocycles. The van der Waals surface area contributed by atoms with Crippen molar-refractivity contribution < 1.29 is 19.3 Å². The molecule has 0 radical (unpaired) electrons. The van der Waals surface area contributed by atoms with Gasteiger partial charge in [0.1, 0.15) is 11.7 Å². The molecule has 5 rings (SSSR count). The lowest BCUT2D eigenvalue weighted by Crippen LogP contribution is -2.51. The van der Waals surface area contributed by atoms with E-state index in [-0.39, 0.29) is 18.4 Å². The molecule has 3 aromatic rings. The molecule has 1 amide bonds. The number of carbonyl (C=O) groups excluding carboxylic acids is 1. The first-order valence-electron chi connectivity index (χ1n) is 12.0. The molecule has 3 atom stereocenters. The summed E-state index contributed by atoms with van der Waals surface area (Å²) < 4.78 is 5.47. The number of β-amino-alcohol motifs (C(OH)–C–C–N with tert-alkyl or cyclic N) is 1. The minimum Gasteiger partial charge on any atom is -0.391 e. The van der Waals surface area contributed by atoms with Crippen LogP contribution >= 0.6 is 0 Å². The summed E-state index contributed by atoms with van der Waals surface area (Å²) in [6.07, 6.45) is -0.304. The maximum Gasteiger partial charge on any atom is 0.260 e. The lowest BCUT2D eigenvalue weighted by Gasteiger charge is -2.31. The summed E-state index contributed by atoms with van der Waals surface area (Å²) >= 11 is 0. The van der Waals surface area contributed by atoms with Gasteiger partial charge < -0.3 is 24.7 Å². The zero-order valence-electron chi connectivity index (χ0n) is 20.1. The Morgan fingerprint density at radius 3 is 2.29 bits per heavy atom. The molecule has 2 aliphatic rings. The average Bonchev–Trinajstić information content (AvgIpc) is 3.59. The van der Waals surface area contributed by atoms with Gasteiger partial charge in [-0.25, -0.2) is 0 Å². The molecule has 0 spiro atoms. The largest absolute Gasteiger partial charge is 0.391 e. The fourth-order valence-electron chi connectivity index (χ4n) is 5.01. The molecule has 1 saturated heterocycles. The number of aromatic nitrogens is 1. The zero-order valence-corrected chi connectivity index (χ0v) is 20.1. The lowest BCUT2D eigenvalue weighted by molar-refractivity contribution is -0.134. The Morgan fingerprint density at radius 2 is 1.74 bits per heavy atom. The van der Waals surface area contributed by atoms with E-state index in [0.717, 1.165) is 16.8 Å². The standard InChI is InChI=1S/C27H30N4O4/c1-17(2)24(23-14-18(3)29-34-23)26(33)31-16-21(32)15-22(31)25-28-27(35-30-25,19-10-6-4-7-11-19)20-12-8-5-9-13-20/h4-14,17,21-22,24,32H,15-16H2,1-3H3,(H,28,30)/t21-,22+,24?/m1/s1. The van der Waals surface area contributed by atoms with Crippen molar-refractivity contribution in [2.75, 3.05) is 6.54 Å². The quantitative estimate of drug-likeness (QED) is 0.567. The van der Waals surface area contributed by atoms with Crippen LogP contribution in [0.2, 0.25) is 0 Å². The third kappa shape index (κ3) is 4.18. The SMILES string of the molecule is Cc1cc(C(C(=O)N2C[C@H](O)C[C@H]2C2=NOC(c3ccccc3)(c3ccccc3)N2)C(C)C)on1. The Bertz CT molecular complexity index is 1170. The van der Waals surface area contributed by atoms with Crippen LogP contribution in [0.4, 0.5) is 0 Å². The van der Waals surface area contributed by atoms with Gasteiger partial charge in [-0.2, -0.15) is 0 Å². The van der Waals surface area contributed by atoms with Crippen LogP contribution in [-0.4, -0.2) is 45.6 Å². The molecule has 1 fully saturated rings. The summed E-state index contributed by atoms with van der Waals surface area (Å²) in [5, 5.41) is 22.5. The van der Waals surface area contributed by atoms with Gasteiger partial charge in [-0.1, -0.05) is 84.8 Å². The van der Waals surface area contributed by atoms with Crippen LogP contribution in [0, 0.1) is 12.8 Å². The van der Waals surface area contributed by atoms with Crippen molar-refractivity contribution in [3.8, 4) is 0 Å². The molecule has 0 saturated carbocycles. The minimum atomic E-state index is -1.03. The number of amides is 1. The second kappa shape index (κ2) is 9.19. The van der Waals surface area contributed by atoms with Gasteiger partial charge >= 0.3 is 0 Å². The summed E-state index contributed by atoms with van der Waals surface area (Å²) in [4.78, 5) is 21.6. The van der Waals surface area contributed by atoms with Gasteiger partial charge in [-0.15, -0.1) is 0 Å². The van der Waals surface area contributed by atoms with Crippen LogP contribution < -0.4 is 5.32 Å². The van der Waals surface area contributed by atoms with Gasteiger partial charge in [0, 0.05) is 30.2 Å². The smallest absolute Gasteiger partial charge is 0.260 e. The van der Waals surface area contributed by atoms with E-state index in [0.29, 0.717) is 18.0 Å². The fourth-order valence-corrected chi connectivity index (χ4v) is 5.01. The molecular formula is C27H30N4O4. The minimum absolute atomic E-state index is 0.0179. The molecule has 1 unspecified atom stereocenters. The van der Waals surface area contributed by atoms with Gasteiger partial charge in [-0.05, 0) is 12.8 Å². The lowest BCUT2D eigenvalue weighted by atomic mass is 9.91. The monoisotopic (exact) mass is 474 g/mol. The Hall–Kier alpha value is -3.65. The number of nitrogens with one attached hydrogen (secondary N) is 1. The highest BCUT2D eigenvalue weighted by atomic mass is 16.7. The number of benzene rings is 2. The first kappa shape index (κ1) is 23.1. The predicted molar refractivity (Wildman–Crippen MR) is 130 cm³/mol. The zero-order chi connectivity index (χ0) is 24.6. The molecule has 182 valence electrons. The highest BCUT2D eigenvalue weighted by Gasteiger charge is 2.49. The second-order valence-corrected chi connectivity index (χ2v) is 9.59. The number of aliphatic hydroxyl groups is 1. The topological polar surface area (TPSA) is 100 Å². The number of likely N-dealkylation sites (tertiary alicyclic amines) is 1. The van der Waals surface area contributed by atoms with Crippen molar-refractivity contribution in [1.29, 1.82) is 0 Å². The van der Waals surface area contributed by atoms with Crippen molar-refractivity contribution in [3.63, 3.8) is 0 Å². The van der Waals surface area contributed by atoms with E-state index in [1.165, 1.54) is 0 Å². The number of oxime groups is 1. The van der Waals surface area contributed by atoms with E-state index in [2.05, 4.69) is 15.6 Å². The van der Waals surface area contributed by atoms with Crippen LogP contribution in [-0.2, 0) is 15.4 Å². The van der Waals surface area contributed by atoms with Crippen molar-refractivity contribution in [3.05, 3.63) is 89.3 Å². The van der Waals surface area contributed by atoms with E-state index in [4.69, 9.17) is 9.36 Å². The van der Waals surface area contributed by atoms with Crippen molar-refractivity contribution in [2.45, 2.75) is 51.0 Å². The van der Waals surface area contributed by atoms with E-state index >= 15 is 0 Å². The number of rotatable bonds is 6. The molecular weight excluding hydrogens is 444 g/mol. The number of aliphatic hydroxyl groups excluding tert-OH is 1. The Kier molecular flexibility index (Phi) is 6.06. The van der Waals surface area contributed by atoms with E-state index < -0.39 is 23.8 Å². The number of hydrogen-bond donors (Lipinski definition) is 2. The van der Waals surface area contributed by atoms with Crippen molar-refractivity contribution in [1.82, 2.24) is 15.4 Å². The highest BCUT2D eigenvalue weighted by molar-refractivity contribution is 5.95. The Labute approximate surface area is 204 Å². The number of aryl methyl sites for hydroxylation is 1. The van der Waals surface area contributed by atoms with Crippen LogP contribution in [0.5, 0.6) is 0 Å². The molecule has 8 nitrogen and oxygen atoms in total. The first-order chi connectivity index (χ1) is 16.9. The third-order valence-electron chi connectivity index (χ3n) is 6.71. The van der Waals surface area contributed by atoms with Gasteiger partial charge in [0.05, 0.1) is 17.8 Å². The third-order valence-corrected chi connectivity index (χ3v) is 6.71. The van der Waals surface area contributed by atoms with Crippen molar-refractivity contribution >= 4 is 11.7 Å². The Morgan fingerprint density at radius 1 is 1.11 bits per heavy atom. The average molecular weight is 475 g/mol. The number of nitrogens with zero attached hydrogens (tertiary/aromatic N) is 3. The van der Waals surface area contributed by atoms with Crippen molar-refractivity contribution in [2.24, 2.45) is 11.1 Å². The maximum atomic E-state index is 13.8. The van der Waals surface area contributed by atoms with Gasteiger partial charge in [0.2, 0.25) is 5.91 Å². The normalized spacial score (nSPS) is 22.0. The first-order valence-corrected chi connectivity index (χ1v) is 12.0. The molecule has 0 bridgehead atoms. The van der Waals surface area contributed by atoms with E-state index in [9.17, 15) is 9.90 Å². The van der Waals surface area contributed by atoms with Crippen LogP contribution in [0.1, 0.15) is 48.8 Å². The number of hydrogen-bond acceptors (Lipinski definition) is 7. The molecule has 3 heterocycles. The Balaban J connectivity index is 1.46. The summed E-state index contributed by atoms with van der Waals surface area (Å²) in [5.41, 5.74) is 1.47. The number of amidine groups is 1. The maximum absolute atomic E-state index is 13.8. The molecule has 0 aliphatic carbocycles. The van der Waals surface area contributed by atoms with Crippen LogP contribution in [0.3, 0.4) is 0 Å². The van der Waals surface area contributed by atoms with Crippen LogP contribution in [0.15, 0.2) is 76.4 Å².